The Morgan fingerprint density at radius 3 is 2.08 bits per heavy atom. The largest absolute Gasteiger partial charge is 0.748 e. The molecule has 0 saturated heterocycles. The Morgan fingerprint density at radius 1 is 0.833 bits per heavy atom. The first-order chi connectivity index (χ1) is 22.6. The van der Waals surface area contributed by atoms with Crippen LogP contribution >= 0.6 is 0 Å². The van der Waals surface area contributed by atoms with E-state index < -0.39 is 31.6 Å². The van der Waals surface area contributed by atoms with Crippen molar-refractivity contribution in [1.82, 2.24) is 10.5 Å². The topological polar surface area (TPSA) is 146 Å². The molecule has 0 bridgehead atoms. The molecule has 0 aliphatic carbocycles. The lowest BCUT2D eigenvalue weighted by Crippen LogP contribution is -2.28. The molecule has 0 saturated carbocycles. The normalized spacial score (nSPS) is 12.9. The number of sulfone groups is 1. The standard InChI is InChI=1S/C37H38N2O7S2/c1-37(2,3)31-16-12-27(13-17-31)33(22-25-8-10-28(11-9-25)36(40)38-20-21-48(43,44)45)34-24-35(46-39-34)30-7-5-6-29(23-30)26-14-18-32(19-15-26)47(4,41)42/h5-19,23-24,33H,20-22H2,1-4H3,(H,38,40)(H,43,44,45)/p-1. The Labute approximate surface area is 281 Å². The highest BCUT2D eigenvalue weighted by atomic mass is 32.2. The third-order valence-corrected chi connectivity index (χ3v) is 9.95. The van der Waals surface area contributed by atoms with Crippen LogP contribution in [-0.4, -0.2) is 51.0 Å². The van der Waals surface area contributed by atoms with Gasteiger partial charge >= 0.3 is 0 Å². The number of nitrogens with one attached hydrogen (secondary N) is 1. The van der Waals surface area contributed by atoms with E-state index >= 15 is 0 Å². The Kier molecular flexibility index (Phi) is 10.0. The average Bonchev–Trinajstić information content (AvgIpc) is 3.53. The highest BCUT2D eigenvalue weighted by Crippen LogP contribution is 2.34. The van der Waals surface area contributed by atoms with Gasteiger partial charge in [-0.15, -0.1) is 0 Å². The molecule has 5 rings (SSSR count). The summed E-state index contributed by atoms with van der Waals surface area (Å²) in [5.74, 6) is -0.725. The molecule has 5 aromatic rings. The third kappa shape index (κ3) is 8.85. The lowest BCUT2D eigenvalue weighted by Gasteiger charge is -2.21. The van der Waals surface area contributed by atoms with Gasteiger partial charge in [-0.2, -0.15) is 0 Å². The van der Waals surface area contributed by atoms with E-state index in [4.69, 9.17) is 4.52 Å². The van der Waals surface area contributed by atoms with Crippen molar-refractivity contribution in [3.8, 4) is 22.5 Å². The molecule has 48 heavy (non-hydrogen) atoms. The van der Waals surface area contributed by atoms with E-state index in [0.29, 0.717) is 17.7 Å². The predicted molar refractivity (Wildman–Crippen MR) is 185 cm³/mol. The monoisotopic (exact) mass is 685 g/mol. The molecular weight excluding hydrogens is 649 g/mol. The summed E-state index contributed by atoms with van der Waals surface area (Å²) >= 11 is 0. The van der Waals surface area contributed by atoms with E-state index in [1.165, 1.54) is 11.8 Å². The van der Waals surface area contributed by atoms with E-state index in [0.717, 1.165) is 33.5 Å². The molecular formula is C37H37N2O7S2-. The Bertz CT molecular complexity index is 2110. The zero-order valence-electron chi connectivity index (χ0n) is 27.1. The highest BCUT2D eigenvalue weighted by molar-refractivity contribution is 7.90. The molecule has 0 aliphatic rings. The maximum atomic E-state index is 12.5. The second-order valence-electron chi connectivity index (χ2n) is 12.8. The lowest BCUT2D eigenvalue weighted by atomic mass is 9.83. The van der Waals surface area contributed by atoms with Gasteiger partial charge in [-0.3, -0.25) is 4.79 Å². The SMILES string of the molecule is CC(C)(C)c1ccc(C(Cc2ccc(C(=O)NCCS(=O)(=O)[O-])cc2)c2cc(-c3cccc(-c4ccc(S(C)(=O)=O)cc4)c3)on2)cc1. The smallest absolute Gasteiger partial charge is 0.251 e. The minimum absolute atomic E-state index is 0.0144. The second kappa shape index (κ2) is 13.9. The number of carbonyl (C=O) groups excluding carboxylic acids is 1. The van der Waals surface area contributed by atoms with E-state index in [1.807, 2.05) is 42.5 Å². The molecule has 11 heteroatoms. The first kappa shape index (κ1) is 34.7. The van der Waals surface area contributed by atoms with Crippen LogP contribution in [0.4, 0.5) is 0 Å². The molecule has 0 spiro atoms. The number of rotatable bonds is 11. The molecule has 0 aliphatic heterocycles. The fourth-order valence-corrected chi connectivity index (χ4v) is 6.35. The predicted octanol–water partition coefficient (Wildman–Crippen LogP) is 6.36. The Balaban J connectivity index is 1.41. The molecule has 1 N–H and O–H groups in total. The number of nitrogens with zero attached hydrogens (tertiary/aromatic N) is 1. The van der Waals surface area contributed by atoms with Crippen LogP contribution in [0.2, 0.25) is 0 Å². The average molecular weight is 686 g/mol. The zero-order valence-corrected chi connectivity index (χ0v) is 28.8. The van der Waals surface area contributed by atoms with Gasteiger partial charge in [-0.1, -0.05) is 92.7 Å². The zero-order chi connectivity index (χ0) is 34.7. The van der Waals surface area contributed by atoms with Crippen LogP contribution in [0.25, 0.3) is 22.5 Å². The van der Waals surface area contributed by atoms with Crippen molar-refractivity contribution in [2.45, 2.75) is 43.4 Å². The van der Waals surface area contributed by atoms with Crippen molar-refractivity contribution in [3.63, 3.8) is 0 Å². The van der Waals surface area contributed by atoms with Gasteiger partial charge in [0.05, 0.1) is 26.5 Å². The Hall–Kier alpha value is -4.58. The fourth-order valence-electron chi connectivity index (χ4n) is 5.36. The summed E-state index contributed by atoms with van der Waals surface area (Å²) in [4.78, 5) is 12.7. The number of aromatic nitrogens is 1. The maximum absolute atomic E-state index is 12.5. The highest BCUT2D eigenvalue weighted by Gasteiger charge is 2.22. The summed E-state index contributed by atoms with van der Waals surface area (Å²) in [7, 11) is -7.72. The van der Waals surface area contributed by atoms with Crippen molar-refractivity contribution >= 4 is 25.9 Å². The number of hydrogen-bond donors (Lipinski definition) is 1. The molecule has 1 heterocycles. The van der Waals surface area contributed by atoms with Crippen LogP contribution in [0.5, 0.6) is 0 Å². The van der Waals surface area contributed by atoms with Gasteiger partial charge in [0.25, 0.3) is 5.91 Å². The first-order valence-electron chi connectivity index (χ1n) is 15.4. The number of hydrogen-bond acceptors (Lipinski definition) is 8. The lowest BCUT2D eigenvalue weighted by molar-refractivity contribution is 0.0956. The minimum atomic E-state index is -4.42. The van der Waals surface area contributed by atoms with E-state index in [9.17, 15) is 26.2 Å². The van der Waals surface area contributed by atoms with Gasteiger partial charge in [0.1, 0.15) is 0 Å². The van der Waals surface area contributed by atoms with E-state index in [1.54, 1.807) is 36.4 Å². The molecule has 4 aromatic carbocycles. The van der Waals surface area contributed by atoms with Crippen LogP contribution in [0.15, 0.2) is 113 Å². The van der Waals surface area contributed by atoms with Crippen molar-refractivity contribution in [3.05, 3.63) is 131 Å². The fraction of sp³-hybridized carbons (Fsp3) is 0.243. The summed E-state index contributed by atoms with van der Waals surface area (Å²) in [6.07, 6.45) is 1.74. The quantitative estimate of drug-likeness (QED) is 0.158. The Morgan fingerprint density at radius 2 is 1.48 bits per heavy atom. The van der Waals surface area contributed by atoms with Crippen LogP contribution in [0, 0.1) is 0 Å². The van der Waals surface area contributed by atoms with Crippen molar-refractivity contribution in [2.75, 3.05) is 18.6 Å². The summed E-state index contributed by atoms with van der Waals surface area (Å²) in [5.41, 5.74) is 6.85. The van der Waals surface area contributed by atoms with Gasteiger partial charge < -0.3 is 14.4 Å². The molecule has 1 unspecified atom stereocenters. The molecule has 1 atom stereocenters. The molecule has 1 aromatic heterocycles. The van der Waals surface area contributed by atoms with Crippen LogP contribution in [-0.2, 0) is 31.8 Å². The number of amides is 1. The van der Waals surface area contributed by atoms with Crippen molar-refractivity contribution in [1.29, 1.82) is 0 Å². The molecule has 0 radical (unpaired) electrons. The van der Waals surface area contributed by atoms with Crippen LogP contribution in [0.1, 0.15) is 59.4 Å². The summed E-state index contributed by atoms with van der Waals surface area (Å²) in [6.45, 7) is 6.23. The second-order valence-corrected chi connectivity index (χ2v) is 16.4. The van der Waals surface area contributed by atoms with Gasteiger partial charge in [0.15, 0.2) is 15.6 Å². The van der Waals surface area contributed by atoms with Crippen LogP contribution < -0.4 is 5.32 Å². The summed E-state index contributed by atoms with van der Waals surface area (Å²) < 4.78 is 62.3. The van der Waals surface area contributed by atoms with Crippen LogP contribution in [0.3, 0.4) is 0 Å². The number of carbonyl (C=O) groups is 1. The summed E-state index contributed by atoms with van der Waals surface area (Å²) in [5, 5.41) is 6.96. The van der Waals surface area contributed by atoms with Crippen molar-refractivity contribution in [2.24, 2.45) is 0 Å². The first-order valence-corrected chi connectivity index (χ1v) is 18.8. The summed E-state index contributed by atoms with van der Waals surface area (Å²) in [6, 6.07) is 31.9. The third-order valence-electron chi connectivity index (χ3n) is 8.12. The molecule has 1 amide bonds. The van der Waals surface area contributed by atoms with Gasteiger partial charge in [0, 0.05) is 35.9 Å². The molecule has 9 nitrogen and oxygen atoms in total. The van der Waals surface area contributed by atoms with Gasteiger partial charge in [-0.05, 0) is 70.0 Å². The molecule has 250 valence electrons. The van der Waals surface area contributed by atoms with Gasteiger partial charge in [-0.25, -0.2) is 16.8 Å². The number of benzene rings is 4. The maximum Gasteiger partial charge on any atom is 0.251 e. The van der Waals surface area contributed by atoms with E-state index in [2.05, 4.69) is 55.5 Å². The minimum Gasteiger partial charge on any atom is -0.748 e. The van der Waals surface area contributed by atoms with Crippen molar-refractivity contribution < 1.29 is 30.7 Å². The van der Waals surface area contributed by atoms with E-state index in [-0.39, 0.29) is 22.8 Å². The molecule has 0 fully saturated rings. The van der Waals surface area contributed by atoms with Gasteiger partial charge in [0.2, 0.25) is 0 Å².